The van der Waals surface area contributed by atoms with E-state index in [2.05, 4.69) is 142 Å². The van der Waals surface area contributed by atoms with Gasteiger partial charge in [-0.1, -0.05) is 71.0 Å². The maximum Gasteiger partial charge on any atom is 0.0595 e. The molecule has 0 amide bonds. The van der Waals surface area contributed by atoms with Gasteiger partial charge in [0.1, 0.15) is 0 Å². The van der Waals surface area contributed by atoms with Gasteiger partial charge in [-0.25, -0.2) is 0 Å². The molecule has 0 bridgehead atoms. The van der Waals surface area contributed by atoms with Gasteiger partial charge in [0, 0.05) is 32.5 Å². The monoisotopic (exact) mass is 702 g/mol. The Labute approximate surface area is 331 Å². The Hall–Kier alpha value is -6.06. The van der Waals surface area contributed by atoms with Gasteiger partial charge in [0.05, 0.1) is 33.4 Å². The molecule has 0 heteroatoms. The molecule has 0 heterocycles. The van der Waals surface area contributed by atoms with Crippen molar-refractivity contribution in [2.45, 2.75) is 125 Å². The van der Waals surface area contributed by atoms with Gasteiger partial charge in [0.15, 0.2) is 0 Å². The Kier molecular flexibility index (Phi) is 16.3. The summed E-state index contributed by atoms with van der Waals surface area (Å²) in [4.78, 5) is 0. The third-order valence-corrected chi connectivity index (χ3v) is 5.62. The summed E-state index contributed by atoms with van der Waals surface area (Å²) in [6.45, 7) is 36.6. The highest BCUT2D eigenvalue weighted by Gasteiger charge is 2.20. The first kappa shape index (κ1) is 46.0. The minimum Gasteiger partial charge on any atom is -0.0832 e. The third-order valence-electron chi connectivity index (χ3n) is 5.62. The normalized spacial score (nSPS) is 10.1. The average molecular weight is 703 g/mol. The predicted octanol–water partition coefficient (Wildman–Crippen LogP) is 10.1. The van der Waals surface area contributed by atoms with Crippen LogP contribution in [0, 0.1) is 175 Å². The molecule has 0 saturated carbocycles. The lowest BCUT2D eigenvalue weighted by Gasteiger charge is -2.12. The molecule has 0 fully saturated rings. The zero-order chi connectivity index (χ0) is 41.4. The van der Waals surface area contributed by atoms with Crippen molar-refractivity contribution < 1.29 is 0 Å². The minimum atomic E-state index is -0.247. The van der Waals surface area contributed by atoms with Crippen molar-refractivity contribution in [3.63, 3.8) is 0 Å². The predicted molar refractivity (Wildman–Crippen MR) is 231 cm³/mol. The summed E-state index contributed by atoms with van der Waals surface area (Å²) < 4.78 is 0. The molecule has 54 heavy (non-hydrogen) atoms. The molecule has 0 unspecified atom stereocenters. The van der Waals surface area contributed by atoms with Crippen LogP contribution in [0.2, 0.25) is 0 Å². The fraction of sp³-hybridized carbons (Fsp3) is 0.444. The topological polar surface area (TPSA) is 0 Å². The number of rotatable bonds is 0. The van der Waals surface area contributed by atoms with E-state index in [1.807, 2.05) is 125 Å². The molecule has 0 saturated heterocycles. The molecular formula is C54H54. The van der Waals surface area contributed by atoms with E-state index in [9.17, 15) is 0 Å². The van der Waals surface area contributed by atoms with E-state index in [-0.39, 0.29) is 32.5 Å². The lowest BCUT2D eigenvalue weighted by molar-refractivity contribution is 0.571. The van der Waals surface area contributed by atoms with Crippen molar-refractivity contribution in [3.05, 3.63) is 33.4 Å². The lowest BCUT2D eigenvalue weighted by Crippen LogP contribution is -2.05. The van der Waals surface area contributed by atoms with Crippen LogP contribution >= 0.6 is 0 Å². The molecule has 0 N–H and O–H groups in total. The number of benzene rings is 1. The van der Waals surface area contributed by atoms with E-state index >= 15 is 0 Å². The smallest absolute Gasteiger partial charge is 0.0595 e. The zero-order valence-corrected chi connectivity index (χ0v) is 36.0. The van der Waals surface area contributed by atoms with E-state index < -0.39 is 0 Å². The summed E-state index contributed by atoms with van der Waals surface area (Å²) >= 11 is 0. The van der Waals surface area contributed by atoms with E-state index in [1.165, 1.54) is 0 Å². The van der Waals surface area contributed by atoms with Crippen LogP contribution in [0.1, 0.15) is 158 Å². The summed E-state index contributed by atoms with van der Waals surface area (Å²) in [5, 5.41) is 0. The first-order valence-electron chi connectivity index (χ1n) is 18.0. The first-order valence-corrected chi connectivity index (χ1v) is 18.0. The Balaban J connectivity index is 5.05. The summed E-state index contributed by atoms with van der Waals surface area (Å²) in [5.41, 5.74) is 1.52. The largest absolute Gasteiger partial charge is 0.0832 e. The highest BCUT2D eigenvalue weighted by Crippen LogP contribution is 2.27. The van der Waals surface area contributed by atoms with Crippen molar-refractivity contribution in [2.75, 3.05) is 0 Å². The molecular weight excluding hydrogens is 649 g/mol. The quantitative estimate of drug-likeness (QED) is 0.236. The SMILES string of the molecule is CC(C)(C)C#CC#Cc1c(C#CC#CC(C)(C)C)c(C#CC#CC(C)(C)C)c(C#CC#CC(C)(C)C)c(C#CC#CC(C)(C)C)c1C#CC#CC(C)(C)C. The molecule has 0 radical (unpaired) electrons. The van der Waals surface area contributed by atoms with Crippen LogP contribution in [0.25, 0.3) is 0 Å². The molecule has 270 valence electrons. The average Bonchev–Trinajstić information content (AvgIpc) is 2.97. The van der Waals surface area contributed by atoms with Crippen LogP contribution in [0.15, 0.2) is 0 Å². The summed E-state index contributed by atoms with van der Waals surface area (Å²) in [5.74, 6) is 75.4. The molecule has 0 aliphatic carbocycles. The molecule has 0 aromatic heterocycles. The first-order chi connectivity index (χ1) is 24.6. The van der Waals surface area contributed by atoms with Gasteiger partial charge in [0.2, 0.25) is 0 Å². The van der Waals surface area contributed by atoms with Crippen molar-refractivity contribution in [1.29, 1.82) is 0 Å². The van der Waals surface area contributed by atoms with Crippen molar-refractivity contribution in [2.24, 2.45) is 32.5 Å². The third kappa shape index (κ3) is 21.3. The van der Waals surface area contributed by atoms with Gasteiger partial charge in [0.25, 0.3) is 0 Å². The second-order valence-corrected chi connectivity index (χ2v) is 18.8. The fourth-order valence-electron chi connectivity index (χ4n) is 3.38. The number of hydrogen-bond donors (Lipinski definition) is 0. The standard InChI is InChI=1S/C54H54/c1-49(2,3)37-25-19-31-43-44(32-20-26-38-50(4,5)6)46(34-22-28-40-52(10,11)12)48(36-24-30-42-54(16,17)18)47(35-23-29-41-53(13,14)15)45(43)33-21-27-39-51(7,8)9/h1-18H3. The van der Waals surface area contributed by atoms with Crippen molar-refractivity contribution in [3.8, 4) is 142 Å². The minimum absolute atomic E-state index is 0.247. The Bertz CT molecular complexity index is 1930. The van der Waals surface area contributed by atoms with Gasteiger partial charge >= 0.3 is 0 Å². The molecule has 1 aromatic carbocycles. The second-order valence-electron chi connectivity index (χ2n) is 18.8. The molecule has 0 aliphatic heterocycles. The van der Waals surface area contributed by atoms with E-state index in [4.69, 9.17) is 0 Å². The van der Waals surface area contributed by atoms with Gasteiger partial charge in [-0.2, -0.15) is 0 Å². The molecule has 1 aromatic rings. The summed E-state index contributed by atoms with van der Waals surface area (Å²) in [7, 11) is 0. The van der Waals surface area contributed by atoms with E-state index in [0.717, 1.165) is 0 Å². The Morgan fingerprint density at radius 1 is 0.185 bits per heavy atom. The fourth-order valence-corrected chi connectivity index (χ4v) is 3.38. The number of hydrogen-bond acceptors (Lipinski definition) is 0. The van der Waals surface area contributed by atoms with Gasteiger partial charge < -0.3 is 0 Å². The zero-order valence-electron chi connectivity index (χ0n) is 36.0. The maximum atomic E-state index is 3.28. The second kappa shape index (κ2) is 19.1. The lowest BCUT2D eigenvalue weighted by atomic mass is 9.86. The Morgan fingerprint density at radius 2 is 0.296 bits per heavy atom. The molecule has 0 aliphatic rings. The molecule has 0 atom stereocenters. The van der Waals surface area contributed by atoms with Crippen molar-refractivity contribution >= 4 is 0 Å². The summed E-state index contributed by atoms with van der Waals surface area (Å²) in [6.07, 6.45) is 0. The van der Waals surface area contributed by atoms with Crippen LogP contribution < -0.4 is 0 Å². The van der Waals surface area contributed by atoms with Gasteiger partial charge in [-0.3, -0.25) is 0 Å². The Morgan fingerprint density at radius 3 is 0.389 bits per heavy atom. The van der Waals surface area contributed by atoms with Gasteiger partial charge in [-0.15, -0.1) is 0 Å². The molecule has 1 rings (SSSR count). The molecule has 0 nitrogen and oxygen atoms in total. The van der Waals surface area contributed by atoms with Crippen LogP contribution in [0.3, 0.4) is 0 Å². The van der Waals surface area contributed by atoms with Crippen LogP contribution in [-0.2, 0) is 0 Å². The molecule has 0 spiro atoms. The highest BCUT2D eigenvalue weighted by atomic mass is 14.2. The maximum absolute atomic E-state index is 3.28. The summed E-state index contributed by atoms with van der Waals surface area (Å²) in [6, 6.07) is 0. The van der Waals surface area contributed by atoms with E-state index in [1.54, 1.807) is 0 Å². The van der Waals surface area contributed by atoms with E-state index in [0.29, 0.717) is 33.4 Å². The van der Waals surface area contributed by atoms with Crippen molar-refractivity contribution in [1.82, 2.24) is 0 Å². The van der Waals surface area contributed by atoms with Crippen LogP contribution in [-0.4, -0.2) is 0 Å². The highest BCUT2D eigenvalue weighted by molar-refractivity contribution is 5.78. The van der Waals surface area contributed by atoms with Gasteiger partial charge in [-0.05, 0) is 196 Å². The van der Waals surface area contributed by atoms with Crippen LogP contribution in [0.4, 0.5) is 0 Å². The van der Waals surface area contributed by atoms with Crippen LogP contribution in [0.5, 0.6) is 0 Å².